The van der Waals surface area contributed by atoms with Gasteiger partial charge in [-0.2, -0.15) is 11.8 Å². The van der Waals surface area contributed by atoms with Crippen LogP contribution in [0.25, 0.3) is 0 Å². The second-order valence-corrected chi connectivity index (χ2v) is 5.55. The third kappa shape index (κ3) is 5.93. The van der Waals surface area contributed by atoms with Gasteiger partial charge in [-0.15, -0.1) is 0 Å². The zero-order valence-corrected chi connectivity index (χ0v) is 11.8. The lowest BCUT2D eigenvalue weighted by Gasteiger charge is -2.23. The lowest BCUT2D eigenvalue weighted by molar-refractivity contribution is -0.129. The highest BCUT2D eigenvalue weighted by Crippen LogP contribution is 2.13. The van der Waals surface area contributed by atoms with E-state index >= 15 is 0 Å². The smallest absolute Gasteiger partial charge is 0.236 e. The van der Waals surface area contributed by atoms with Crippen molar-refractivity contribution in [2.45, 2.75) is 26.3 Å². The molecule has 0 rings (SSSR count). The first-order chi connectivity index (χ1) is 7.85. The lowest BCUT2D eigenvalue weighted by Crippen LogP contribution is -2.48. The fourth-order valence-electron chi connectivity index (χ4n) is 1.23. The average Bonchev–Trinajstić information content (AvgIpc) is 2.31. The minimum Gasteiger partial charge on any atom is -0.359 e. The van der Waals surface area contributed by atoms with Crippen molar-refractivity contribution in [3.8, 4) is 0 Å². The fraction of sp³-hybridized carbons (Fsp3) is 0.818. The van der Waals surface area contributed by atoms with E-state index in [1.165, 1.54) is 0 Å². The van der Waals surface area contributed by atoms with Crippen molar-refractivity contribution in [2.75, 3.05) is 25.6 Å². The Balaban J connectivity index is 4.10. The topological polar surface area (TPSA) is 84.2 Å². The Kier molecular flexibility index (Phi) is 7.22. The summed E-state index contributed by atoms with van der Waals surface area (Å²) < 4.78 is 0. The minimum absolute atomic E-state index is 0.101. The molecule has 0 spiro atoms. The van der Waals surface area contributed by atoms with Crippen LogP contribution in [0.15, 0.2) is 0 Å². The summed E-state index contributed by atoms with van der Waals surface area (Å²) in [6, 6.07) is -0.497. The van der Waals surface area contributed by atoms with Gasteiger partial charge in [-0.1, -0.05) is 0 Å². The Hall–Kier alpha value is -0.750. The normalized spacial score (nSPS) is 13.0. The maximum atomic E-state index is 11.6. The number of nitrogens with two attached hydrogens (primary N) is 1. The van der Waals surface area contributed by atoms with Gasteiger partial charge in [0.25, 0.3) is 0 Å². The largest absolute Gasteiger partial charge is 0.359 e. The maximum Gasteiger partial charge on any atom is 0.236 e. The van der Waals surface area contributed by atoms with Crippen LogP contribution in [-0.4, -0.2) is 43.5 Å². The van der Waals surface area contributed by atoms with Crippen molar-refractivity contribution >= 4 is 23.6 Å². The van der Waals surface area contributed by atoms with Gasteiger partial charge in [-0.05, 0) is 32.3 Å². The fourth-order valence-corrected chi connectivity index (χ4v) is 1.72. The Morgan fingerprint density at radius 1 is 1.41 bits per heavy atom. The number of hydrogen-bond donors (Lipinski definition) is 3. The highest BCUT2D eigenvalue weighted by atomic mass is 32.2. The summed E-state index contributed by atoms with van der Waals surface area (Å²) in [4.78, 5) is 23.1. The average molecular weight is 261 g/mol. The van der Waals surface area contributed by atoms with Gasteiger partial charge in [0.1, 0.15) is 0 Å². The summed E-state index contributed by atoms with van der Waals surface area (Å²) in [7, 11) is 1.58. The van der Waals surface area contributed by atoms with Gasteiger partial charge in [-0.25, -0.2) is 0 Å². The van der Waals surface area contributed by atoms with E-state index in [2.05, 4.69) is 10.6 Å². The van der Waals surface area contributed by atoms with E-state index in [0.29, 0.717) is 13.0 Å². The van der Waals surface area contributed by atoms with E-state index < -0.39 is 11.5 Å². The van der Waals surface area contributed by atoms with E-state index in [0.717, 1.165) is 5.75 Å². The summed E-state index contributed by atoms with van der Waals surface area (Å²) in [6.07, 6.45) is 2.62. The molecule has 0 radical (unpaired) electrons. The molecule has 0 bridgehead atoms. The lowest BCUT2D eigenvalue weighted by atomic mass is 9.92. The molecule has 0 saturated heterocycles. The first kappa shape index (κ1) is 16.2. The molecular formula is C11H23N3O2S. The van der Waals surface area contributed by atoms with Crippen LogP contribution >= 0.6 is 11.8 Å². The number of thioether (sulfide) groups is 1. The predicted molar refractivity (Wildman–Crippen MR) is 71.8 cm³/mol. The van der Waals surface area contributed by atoms with Crippen LogP contribution in [0.2, 0.25) is 0 Å². The molecule has 0 fully saturated rings. The number of amides is 2. The third-order valence-corrected chi connectivity index (χ3v) is 3.16. The molecule has 5 nitrogen and oxygen atoms in total. The van der Waals surface area contributed by atoms with Gasteiger partial charge in [0.2, 0.25) is 11.8 Å². The summed E-state index contributed by atoms with van der Waals surface area (Å²) in [5, 5.41) is 5.28. The quantitative estimate of drug-likeness (QED) is 0.600. The van der Waals surface area contributed by atoms with Gasteiger partial charge < -0.3 is 16.4 Å². The van der Waals surface area contributed by atoms with Crippen molar-refractivity contribution in [1.29, 1.82) is 0 Å². The first-order valence-corrected chi connectivity index (χ1v) is 6.99. The molecule has 4 N–H and O–H groups in total. The maximum absolute atomic E-state index is 11.6. The molecule has 0 aliphatic heterocycles. The Morgan fingerprint density at radius 3 is 2.47 bits per heavy atom. The molecule has 6 heteroatoms. The molecule has 0 unspecified atom stereocenters. The molecule has 0 aliphatic rings. The second-order valence-electron chi connectivity index (χ2n) is 4.57. The van der Waals surface area contributed by atoms with Gasteiger partial charge in [0.15, 0.2) is 0 Å². The Labute approximate surface area is 107 Å². The molecule has 0 saturated carbocycles. The molecule has 100 valence electrons. The van der Waals surface area contributed by atoms with Crippen LogP contribution < -0.4 is 16.4 Å². The summed E-state index contributed by atoms with van der Waals surface area (Å²) >= 11 is 1.66. The molecule has 0 aromatic heterocycles. The van der Waals surface area contributed by atoms with Crippen molar-refractivity contribution in [2.24, 2.45) is 11.1 Å². The molecule has 0 heterocycles. The van der Waals surface area contributed by atoms with E-state index in [4.69, 9.17) is 5.73 Å². The molecule has 1 atom stereocenters. The van der Waals surface area contributed by atoms with E-state index in [-0.39, 0.29) is 11.8 Å². The standard InChI is InChI=1S/C11H23N3O2S/c1-11(2,10(16)13-3)7-14-9(15)8(12)5-6-17-4/h8H,5-7,12H2,1-4H3,(H,13,16)(H,14,15)/t8-/m1/s1. The predicted octanol–water partition coefficient (Wildman–Crippen LogP) is -0.0448. The van der Waals surface area contributed by atoms with Crippen molar-refractivity contribution < 1.29 is 9.59 Å². The summed E-state index contributed by atoms with van der Waals surface area (Å²) in [6.45, 7) is 3.84. The molecule has 0 aromatic carbocycles. The van der Waals surface area contributed by atoms with Crippen molar-refractivity contribution in [1.82, 2.24) is 10.6 Å². The van der Waals surface area contributed by atoms with Crippen LogP contribution in [0.1, 0.15) is 20.3 Å². The monoisotopic (exact) mass is 261 g/mol. The van der Waals surface area contributed by atoms with Crippen LogP contribution in [0.3, 0.4) is 0 Å². The number of carbonyl (C=O) groups excluding carboxylic acids is 2. The van der Waals surface area contributed by atoms with Crippen LogP contribution in [0.4, 0.5) is 0 Å². The number of rotatable bonds is 7. The molecule has 17 heavy (non-hydrogen) atoms. The second kappa shape index (κ2) is 7.55. The van der Waals surface area contributed by atoms with Crippen molar-refractivity contribution in [3.63, 3.8) is 0 Å². The summed E-state index contributed by atoms with van der Waals surface area (Å²) in [5.41, 5.74) is 5.09. The van der Waals surface area contributed by atoms with Crippen LogP contribution in [-0.2, 0) is 9.59 Å². The van der Waals surface area contributed by atoms with E-state index in [1.807, 2.05) is 6.26 Å². The summed E-state index contributed by atoms with van der Waals surface area (Å²) in [5.74, 6) is 0.555. The first-order valence-electron chi connectivity index (χ1n) is 5.59. The Bertz CT molecular complexity index is 269. The van der Waals surface area contributed by atoms with Gasteiger partial charge in [0, 0.05) is 13.6 Å². The SMILES string of the molecule is CNC(=O)C(C)(C)CNC(=O)[C@H](N)CCSC. The minimum atomic E-state index is -0.621. The molecule has 0 aliphatic carbocycles. The van der Waals surface area contributed by atoms with Gasteiger partial charge in [0.05, 0.1) is 11.5 Å². The zero-order chi connectivity index (χ0) is 13.5. The van der Waals surface area contributed by atoms with Gasteiger partial charge >= 0.3 is 0 Å². The van der Waals surface area contributed by atoms with E-state index in [1.54, 1.807) is 32.7 Å². The number of carbonyl (C=O) groups is 2. The molecule has 0 aromatic rings. The molecule has 2 amide bonds. The van der Waals surface area contributed by atoms with Crippen molar-refractivity contribution in [3.05, 3.63) is 0 Å². The van der Waals surface area contributed by atoms with Crippen LogP contribution in [0, 0.1) is 5.41 Å². The van der Waals surface area contributed by atoms with E-state index in [9.17, 15) is 9.59 Å². The van der Waals surface area contributed by atoms with Gasteiger partial charge in [-0.3, -0.25) is 9.59 Å². The highest BCUT2D eigenvalue weighted by molar-refractivity contribution is 7.98. The molecular weight excluding hydrogens is 238 g/mol. The third-order valence-electron chi connectivity index (χ3n) is 2.52. The number of nitrogens with one attached hydrogen (secondary N) is 2. The Morgan fingerprint density at radius 2 is 2.00 bits per heavy atom. The number of hydrogen-bond acceptors (Lipinski definition) is 4. The zero-order valence-electron chi connectivity index (χ0n) is 11.0. The highest BCUT2D eigenvalue weighted by Gasteiger charge is 2.27. The van der Waals surface area contributed by atoms with Crippen LogP contribution in [0.5, 0.6) is 0 Å².